The van der Waals surface area contributed by atoms with E-state index in [0.29, 0.717) is 0 Å². The zero-order chi connectivity index (χ0) is 12.2. The number of carbonyl (C=O) groups is 1. The van der Waals surface area contributed by atoms with E-state index in [1.807, 2.05) is 12.1 Å². The fourth-order valence-corrected chi connectivity index (χ4v) is 1.80. The Morgan fingerprint density at radius 2 is 2.12 bits per heavy atom. The van der Waals surface area contributed by atoms with Gasteiger partial charge in [0, 0.05) is 18.0 Å². The second kappa shape index (κ2) is 5.21. The lowest BCUT2D eigenvalue weighted by molar-refractivity contribution is -0.872. The Balaban J connectivity index is 2.78. The Morgan fingerprint density at radius 1 is 1.44 bits per heavy atom. The largest absolute Gasteiger partial charge is 0.330 e. The fraction of sp³-hybridized carbons (Fsp3) is 0.538. The van der Waals surface area contributed by atoms with Crippen LogP contribution >= 0.6 is 0 Å². The van der Waals surface area contributed by atoms with Gasteiger partial charge in [-0.15, -0.1) is 0 Å². The maximum Gasteiger partial charge on any atom is 0.173 e. The van der Waals surface area contributed by atoms with E-state index in [-0.39, 0.29) is 11.7 Å². The number of ketones is 1. The molecule has 0 aromatic carbocycles. The lowest BCUT2D eigenvalue weighted by Crippen LogP contribution is -2.41. The average molecular weight is 221 g/mol. The van der Waals surface area contributed by atoms with Gasteiger partial charge in [-0.25, -0.2) is 0 Å². The molecular weight excluding hydrogens is 200 g/mol. The van der Waals surface area contributed by atoms with Crippen molar-refractivity contribution in [1.29, 1.82) is 0 Å². The Kier molecular flexibility index (Phi) is 4.19. The monoisotopic (exact) mass is 221 g/mol. The van der Waals surface area contributed by atoms with Gasteiger partial charge in [-0.3, -0.25) is 9.78 Å². The number of rotatable bonds is 5. The van der Waals surface area contributed by atoms with Crippen LogP contribution in [0.25, 0.3) is 0 Å². The van der Waals surface area contributed by atoms with E-state index in [1.165, 1.54) is 0 Å². The summed E-state index contributed by atoms with van der Waals surface area (Å²) in [6, 6.07) is 3.65. The van der Waals surface area contributed by atoms with Gasteiger partial charge in [-0.2, -0.15) is 0 Å². The van der Waals surface area contributed by atoms with Gasteiger partial charge in [0.1, 0.15) is 0 Å². The molecule has 1 unspecified atom stereocenters. The SMILES string of the molecule is CCC(C[N+](C)(C)C)C(=O)c1cccnc1. The number of hydrogen-bond acceptors (Lipinski definition) is 2. The predicted molar refractivity (Wildman–Crippen MR) is 65.2 cm³/mol. The van der Waals surface area contributed by atoms with E-state index in [0.717, 1.165) is 23.0 Å². The molecule has 0 spiro atoms. The lowest BCUT2D eigenvalue weighted by atomic mass is 9.95. The van der Waals surface area contributed by atoms with Crippen LogP contribution in [0.4, 0.5) is 0 Å². The minimum absolute atomic E-state index is 0.0872. The molecule has 3 heteroatoms. The first-order valence-electron chi connectivity index (χ1n) is 5.68. The quantitative estimate of drug-likeness (QED) is 0.562. The second-order valence-corrected chi connectivity index (χ2v) is 5.18. The van der Waals surface area contributed by atoms with Crippen molar-refractivity contribution in [2.24, 2.45) is 5.92 Å². The van der Waals surface area contributed by atoms with Crippen molar-refractivity contribution >= 4 is 5.78 Å². The number of aromatic nitrogens is 1. The third kappa shape index (κ3) is 3.74. The van der Waals surface area contributed by atoms with Gasteiger partial charge in [0.15, 0.2) is 5.78 Å². The Hall–Kier alpha value is -1.22. The second-order valence-electron chi connectivity index (χ2n) is 5.18. The van der Waals surface area contributed by atoms with Crippen molar-refractivity contribution in [2.45, 2.75) is 13.3 Å². The van der Waals surface area contributed by atoms with Crippen molar-refractivity contribution in [3.05, 3.63) is 30.1 Å². The Bertz CT molecular complexity index is 341. The molecule has 1 aromatic rings. The Labute approximate surface area is 97.7 Å². The molecule has 0 N–H and O–H groups in total. The zero-order valence-electron chi connectivity index (χ0n) is 10.6. The molecule has 1 aromatic heterocycles. The van der Waals surface area contributed by atoms with Crippen molar-refractivity contribution in [3.8, 4) is 0 Å². The van der Waals surface area contributed by atoms with E-state index >= 15 is 0 Å². The summed E-state index contributed by atoms with van der Waals surface area (Å²) in [7, 11) is 6.33. The number of hydrogen-bond donors (Lipinski definition) is 0. The summed E-state index contributed by atoms with van der Waals surface area (Å²) in [6.45, 7) is 2.93. The van der Waals surface area contributed by atoms with E-state index in [4.69, 9.17) is 0 Å². The third-order valence-electron chi connectivity index (χ3n) is 2.58. The molecule has 0 aliphatic carbocycles. The first-order chi connectivity index (χ1) is 7.44. The molecule has 0 saturated heterocycles. The summed E-state index contributed by atoms with van der Waals surface area (Å²) in [5.74, 6) is 0.299. The topological polar surface area (TPSA) is 30.0 Å². The maximum absolute atomic E-state index is 12.2. The number of pyridine rings is 1. The first kappa shape index (κ1) is 12.8. The van der Waals surface area contributed by atoms with Gasteiger partial charge < -0.3 is 4.48 Å². The minimum Gasteiger partial charge on any atom is -0.330 e. The van der Waals surface area contributed by atoms with Crippen LogP contribution in [0.3, 0.4) is 0 Å². The molecule has 88 valence electrons. The summed E-state index contributed by atoms with van der Waals surface area (Å²) >= 11 is 0. The highest BCUT2D eigenvalue weighted by Gasteiger charge is 2.24. The molecule has 1 rings (SSSR count). The molecule has 1 atom stereocenters. The van der Waals surface area contributed by atoms with Gasteiger partial charge in [0.25, 0.3) is 0 Å². The molecule has 0 amide bonds. The van der Waals surface area contributed by atoms with Crippen LogP contribution in [-0.4, -0.2) is 42.9 Å². The summed E-state index contributed by atoms with van der Waals surface area (Å²) < 4.78 is 0.810. The van der Waals surface area contributed by atoms with Crippen molar-refractivity contribution in [3.63, 3.8) is 0 Å². The summed E-state index contributed by atoms with van der Waals surface area (Å²) in [4.78, 5) is 16.2. The van der Waals surface area contributed by atoms with E-state index in [1.54, 1.807) is 12.4 Å². The molecular formula is C13H21N2O+. The van der Waals surface area contributed by atoms with Crippen LogP contribution in [0, 0.1) is 5.92 Å². The molecule has 0 bridgehead atoms. The maximum atomic E-state index is 12.2. The third-order valence-corrected chi connectivity index (χ3v) is 2.58. The van der Waals surface area contributed by atoms with Crippen LogP contribution < -0.4 is 0 Å². The van der Waals surface area contributed by atoms with E-state index in [2.05, 4.69) is 33.1 Å². The molecule has 0 aliphatic rings. The predicted octanol–water partition coefficient (Wildman–Crippen LogP) is 2.00. The lowest BCUT2D eigenvalue weighted by Gasteiger charge is -2.28. The van der Waals surface area contributed by atoms with Crippen LogP contribution in [-0.2, 0) is 0 Å². The van der Waals surface area contributed by atoms with Crippen LogP contribution in [0.2, 0.25) is 0 Å². The van der Waals surface area contributed by atoms with Gasteiger partial charge in [0.05, 0.1) is 33.6 Å². The standard InChI is InChI=1S/C13H21N2O/c1-5-11(10-15(2,3)4)13(16)12-7-6-8-14-9-12/h6-9,11H,5,10H2,1-4H3/q+1. The van der Waals surface area contributed by atoms with Crippen LogP contribution in [0.15, 0.2) is 24.5 Å². The molecule has 0 saturated carbocycles. The fourth-order valence-electron chi connectivity index (χ4n) is 1.80. The number of carbonyl (C=O) groups excluding carboxylic acids is 1. The van der Waals surface area contributed by atoms with Crippen LogP contribution in [0.1, 0.15) is 23.7 Å². The van der Waals surface area contributed by atoms with Gasteiger partial charge in [0.2, 0.25) is 0 Å². The number of nitrogens with zero attached hydrogens (tertiary/aromatic N) is 2. The van der Waals surface area contributed by atoms with E-state index < -0.39 is 0 Å². The van der Waals surface area contributed by atoms with Gasteiger partial charge in [-0.1, -0.05) is 6.92 Å². The normalized spacial score (nSPS) is 13.5. The highest BCUT2D eigenvalue weighted by atomic mass is 16.1. The van der Waals surface area contributed by atoms with Crippen molar-refractivity contribution in [1.82, 2.24) is 4.98 Å². The average Bonchev–Trinajstić information content (AvgIpc) is 2.25. The first-order valence-corrected chi connectivity index (χ1v) is 5.68. The zero-order valence-corrected chi connectivity index (χ0v) is 10.6. The highest BCUT2D eigenvalue weighted by molar-refractivity contribution is 5.97. The molecule has 3 nitrogen and oxygen atoms in total. The van der Waals surface area contributed by atoms with E-state index in [9.17, 15) is 4.79 Å². The molecule has 1 heterocycles. The van der Waals surface area contributed by atoms with Crippen LogP contribution in [0.5, 0.6) is 0 Å². The molecule has 16 heavy (non-hydrogen) atoms. The summed E-state index contributed by atoms with van der Waals surface area (Å²) in [5.41, 5.74) is 0.725. The molecule has 0 radical (unpaired) electrons. The smallest absolute Gasteiger partial charge is 0.173 e. The highest BCUT2D eigenvalue weighted by Crippen LogP contribution is 2.14. The number of Topliss-reactive ketones (excluding diaryl/α,β-unsaturated/α-hetero) is 1. The summed E-state index contributed by atoms with van der Waals surface area (Å²) in [5, 5.41) is 0. The molecule has 0 fully saturated rings. The molecule has 0 aliphatic heterocycles. The Morgan fingerprint density at radius 3 is 2.56 bits per heavy atom. The summed E-state index contributed by atoms with van der Waals surface area (Å²) in [6.07, 6.45) is 4.22. The van der Waals surface area contributed by atoms with Crippen molar-refractivity contribution in [2.75, 3.05) is 27.7 Å². The van der Waals surface area contributed by atoms with Gasteiger partial charge >= 0.3 is 0 Å². The minimum atomic E-state index is 0.0872. The number of quaternary nitrogens is 1. The van der Waals surface area contributed by atoms with Crippen molar-refractivity contribution < 1.29 is 9.28 Å². The van der Waals surface area contributed by atoms with Gasteiger partial charge in [-0.05, 0) is 18.6 Å².